The number of carboxylic acid groups (broad SMARTS) is 1. The van der Waals surface area contributed by atoms with Gasteiger partial charge in [-0.2, -0.15) is 0 Å². The molecule has 0 aromatic heterocycles. The smallest absolute Gasteiger partial charge is 0.341 e. The van der Waals surface area contributed by atoms with Crippen molar-refractivity contribution in [3.63, 3.8) is 0 Å². The van der Waals surface area contributed by atoms with Gasteiger partial charge in [0.1, 0.15) is 6.04 Å². The van der Waals surface area contributed by atoms with E-state index in [1.54, 1.807) is 12.1 Å². The van der Waals surface area contributed by atoms with Gasteiger partial charge in [0.25, 0.3) is 0 Å². The van der Waals surface area contributed by atoms with E-state index in [9.17, 15) is 14.4 Å². The molecule has 1 aromatic carbocycles. The quantitative estimate of drug-likeness (QED) is 0.724. The molecule has 0 spiro atoms. The van der Waals surface area contributed by atoms with E-state index in [1.165, 1.54) is 6.92 Å². The van der Waals surface area contributed by atoms with Crippen LogP contribution in [0.2, 0.25) is 0 Å². The van der Waals surface area contributed by atoms with E-state index in [4.69, 9.17) is 5.11 Å². The lowest BCUT2D eigenvalue weighted by Gasteiger charge is -2.16. The van der Waals surface area contributed by atoms with E-state index in [2.05, 4.69) is 10.1 Å². The predicted octanol–water partition coefficient (Wildman–Crippen LogP) is 0.362. The third-order valence-corrected chi connectivity index (χ3v) is 2.28. The minimum absolute atomic E-state index is 0.249. The van der Waals surface area contributed by atoms with Crippen LogP contribution in [-0.2, 0) is 25.5 Å². The summed E-state index contributed by atoms with van der Waals surface area (Å²) in [5, 5.41) is 10.9. The Bertz CT molecular complexity index is 457. The van der Waals surface area contributed by atoms with Gasteiger partial charge in [-0.15, -0.1) is 0 Å². The second-order valence-corrected chi connectivity index (χ2v) is 3.94. The maximum absolute atomic E-state index is 11.7. The molecule has 0 saturated heterocycles. The maximum atomic E-state index is 11.7. The lowest BCUT2D eigenvalue weighted by molar-refractivity contribution is -0.157. The summed E-state index contributed by atoms with van der Waals surface area (Å²) < 4.78 is 4.59. The van der Waals surface area contributed by atoms with Gasteiger partial charge in [0.05, 0.1) is 0 Å². The van der Waals surface area contributed by atoms with Gasteiger partial charge in [0.15, 0.2) is 6.61 Å². The zero-order valence-corrected chi connectivity index (χ0v) is 10.5. The van der Waals surface area contributed by atoms with Gasteiger partial charge in [0, 0.05) is 13.3 Å². The molecular weight excluding hydrogens is 250 g/mol. The van der Waals surface area contributed by atoms with Crippen molar-refractivity contribution in [2.75, 3.05) is 6.61 Å². The van der Waals surface area contributed by atoms with Gasteiger partial charge in [-0.05, 0) is 5.56 Å². The van der Waals surface area contributed by atoms with E-state index in [1.807, 2.05) is 18.2 Å². The van der Waals surface area contributed by atoms with Crippen LogP contribution in [0.3, 0.4) is 0 Å². The second kappa shape index (κ2) is 7.15. The van der Waals surface area contributed by atoms with Gasteiger partial charge >= 0.3 is 11.9 Å². The van der Waals surface area contributed by atoms with Crippen LogP contribution in [0.5, 0.6) is 0 Å². The Balaban J connectivity index is 2.68. The Morgan fingerprint density at radius 2 is 1.89 bits per heavy atom. The highest BCUT2D eigenvalue weighted by Crippen LogP contribution is 2.04. The number of amides is 1. The molecule has 0 heterocycles. The molecule has 1 atom stereocenters. The lowest BCUT2D eigenvalue weighted by atomic mass is 10.1. The summed E-state index contributed by atoms with van der Waals surface area (Å²) in [5.74, 6) is -2.38. The van der Waals surface area contributed by atoms with E-state index >= 15 is 0 Å². The maximum Gasteiger partial charge on any atom is 0.341 e. The van der Waals surface area contributed by atoms with Crippen molar-refractivity contribution in [1.82, 2.24) is 5.32 Å². The molecule has 2 N–H and O–H groups in total. The molecule has 1 aromatic rings. The first kappa shape index (κ1) is 14.7. The molecular formula is C13H15NO5. The molecule has 0 aliphatic heterocycles. The normalized spacial score (nSPS) is 11.4. The molecule has 0 aliphatic rings. The predicted molar refractivity (Wildman–Crippen MR) is 66.3 cm³/mol. The van der Waals surface area contributed by atoms with Crippen molar-refractivity contribution in [3.05, 3.63) is 35.9 Å². The number of benzene rings is 1. The van der Waals surface area contributed by atoms with E-state index in [0.29, 0.717) is 0 Å². The summed E-state index contributed by atoms with van der Waals surface area (Å²) in [6.07, 6.45) is 0.249. The molecule has 0 aliphatic carbocycles. The van der Waals surface area contributed by atoms with Crippen LogP contribution in [0.1, 0.15) is 12.5 Å². The average Bonchev–Trinajstić information content (AvgIpc) is 2.36. The van der Waals surface area contributed by atoms with Crippen LogP contribution in [0.15, 0.2) is 30.3 Å². The third kappa shape index (κ3) is 5.67. The first-order chi connectivity index (χ1) is 8.99. The number of ether oxygens (including phenoxy) is 1. The Labute approximate surface area is 110 Å². The van der Waals surface area contributed by atoms with E-state index in [-0.39, 0.29) is 12.3 Å². The SMILES string of the molecule is CC(=O)N[C@@H](Cc1ccccc1)C(=O)OCC(=O)O. The minimum atomic E-state index is -1.24. The Hall–Kier alpha value is -2.37. The summed E-state index contributed by atoms with van der Waals surface area (Å²) in [5.41, 5.74) is 0.841. The fourth-order valence-corrected chi connectivity index (χ4v) is 1.52. The highest BCUT2D eigenvalue weighted by molar-refractivity contribution is 5.84. The summed E-state index contributed by atoms with van der Waals surface area (Å²) >= 11 is 0. The lowest BCUT2D eigenvalue weighted by Crippen LogP contribution is -2.42. The van der Waals surface area contributed by atoms with Gasteiger partial charge in [-0.3, -0.25) is 4.79 Å². The monoisotopic (exact) mass is 265 g/mol. The number of esters is 1. The topological polar surface area (TPSA) is 92.7 Å². The fourth-order valence-electron chi connectivity index (χ4n) is 1.52. The standard InChI is InChI=1S/C13H15NO5/c1-9(15)14-11(13(18)19-8-12(16)17)7-10-5-3-2-4-6-10/h2-6,11H,7-8H2,1H3,(H,14,15)(H,16,17)/t11-/m0/s1. The Morgan fingerprint density at radius 1 is 1.26 bits per heavy atom. The molecule has 1 amide bonds. The van der Waals surface area contributed by atoms with Gasteiger partial charge in [-0.1, -0.05) is 30.3 Å². The van der Waals surface area contributed by atoms with Crippen LogP contribution in [0.25, 0.3) is 0 Å². The highest BCUT2D eigenvalue weighted by Gasteiger charge is 2.22. The molecule has 6 heteroatoms. The molecule has 1 rings (SSSR count). The van der Waals surface area contributed by atoms with E-state index in [0.717, 1.165) is 5.56 Å². The van der Waals surface area contributed by atoms with Crippen molar-refractivity contribution in [2.45, 2.75) is 19.4 Å². The van der Waals surface area contributed by atoms with Crippen molar-refractivity contribution in [2.24, 2.45) is 0 Å². The summed E-state index contributed by atoms with van der Waals surface area (Å²) in [7, 11) is 0. The number of carbonyl (C=O) groups excluding carboxylic acids is 2. The molecule has 19 heavy (non-hydrogen) atoms. The molecule has 0 fully saturated rings. The Kier molecular flexibility index (Phi) is 5.53. The zero-order valence-electron chi connectivity index (χ0n) is 10.5. The van der Waals surface area contributed by atoms with Crippen LogP contribution < -0.4 is 5.32 Å². The Morgan fingerprint density at radius 3 is 2.42 bits per heavy atom. The molecule has 102 valence electrons. The number of carbonyl (C=O) groups is 3. The summed E-state index contributed by atoms with van der Waals surface area (Å²) in [4.78, 5) is 33.1. The molecule has 0 radical (unpaired) electrons. The number of nitrogens with one attached hydrogen (secondary N) is 1. The minimum Gasteiger partial charge on any atom is -0.479 e. The number of hydrogen-bond acceptors (Lipinski definition) is 4. The van der Waals surface area contributed by atoms with Gasteiger partial charge in [0.2, 0.25) is 5.91 Å². The largest absolute Gasteiger partial charge is 0.479 e. The van der Waals surface area contributed by atoms with Gasteiger partial charge in [-0.25, -0.2) is 9.59 Å². The van der Waals surface area contributed by atoms with Crippen LogP contribution in [0.4, 0.5) is 0 Å². The number of hydrogen-bond donors (Lipinski definition) is 2. The van der Waals surface area contributed by atoms with Gasteiger partial charge < -0.3 is 15.2 Å². The molecule has 0 unspecified atom stereocenters. The average molecular weight is 265 g/mol. The number of rotatable bonds is 6. The van der Waals surface area contributed by atoms with Crippen LogP contribution >= 0.6 is 0 Å². The molecule has 6 nitrogen and oxygen atoms in total. The highest BCUT2D eigenvalue weighted by atomic mass is 16.6. The van der Waals surface area contributed by atoms with Crippen molar-refractivity contribution < 1.29 is 24.2 Å². The van der Waals surface area contributed by atoms with Crippen molar-refractivity contribution in [3.8, 4) is 0 Å². The van der Waals surface area contributed by atoms with Crippen LogP contribution in [0, 0.1) is 0 Å². The third-order valence-electron chi connectivity index (χ3n) is 2.28. The second-order valence-electron chi connectivity index (χ2n) is 3.94. The molecule has 0 saturated carbocycles. The van der Waals surface area contributed by atoms with Crippen molar-refractivity contribution >= 4 is 17.8 Å². The van der Waals surface area contributed by atoms with E-state index < -0.39 is 24.6 Å². The van der Waals surface area contributed by atoms with Crippen LogP contribution in [-0.4, -0.2) is 35.6 Å². The zero-order chi connectivity index (χ0) is 14.3. The van der Waals surface area contributed by atoms with Crippen molar-refractivity contribution in [1.29, 1.82) is 0 Å². The molecule has 0 bridgehead atoms. The first-order valence-electron chi connectivity index (χ1n) is 5.68. The number of aliphatic carboxylic acids is 1. The summed E-state index contributed by atoms with van der Waals surface area (Å²) in [6.45, 7) is 0.562. The summed E-state index contributed by atoms with van der Waals surface area (Å²) in [6, 6.07) is 8.17. The fraction of sp³-hybridized carbons (Fsp3) is 0.308. The first-order valence-corrected chi connectivity index (χ1v) is 5.68. The number of carboxylic acids is 1.